The lowest BCUT2D eigenvalue weighted by atomic mass is 10.0. The fourth-order valence-electron chi connectivity index (χ4n) is 1.57. The van der Waals surface area contributed by atoms with E-state index in [1.54, 1.807) is 0 Å². The molecule has 94 valence electrons. The average molecular weight is 250 g/mol. The van der Waals surface area contributed by atoms with Gasteiger partial charge < -0.3 is 15.0 Å². The molecule has 0 spiro atoms. The molecule has 0 aliphatic heterocycles. The summed E-state index contributed by atoms with van der Waals surface area (Å²) in [5.41, 5.74) is 6.16. The second-order valence-electron chi connectivity index (χ2n) is 3.74. The van der Waals surface area contributed by atoms with Crippen LogP contribution in [0.15, 0.2) is 22.7 Å². The molecule has 18 heavy (non-hydrogen) atoms. The number of esters is 1. The standard InChI is InChI=1S/C12H11FN2O3/c1-6-8(12(16)17-2)3-7(4-9(6)13)10-5-11(14)15-18-10/h3-5H,1-2H3,(H2,14,15). The van der Waals surface area contributed by atoms with Crippen molar-refractivity contribution in [2.24, 2.45) is 0 Å². The van der Waals surface area contributed by atoms with E-state index in [0.29, 0.717) is 5.56 Å². The third-order valence-electron chi connectivity index (χ3n) is 2.56. The van der Waals surface area contributed by atoms with E-state index in [-0.39, 0.29) is 22.7 Å². The molecule has 0 aliphatic carbocycles. The van der Waals surface area contributed by atoms with E-state index in [1.165, 1.54) is 32.2 Å². The van der Waals surface area contributed by atoms with Crippen molar-refractivity contribution in [1.29, 1.82) is 0 Å². The van der Waals surface area contributed by atoms with E-state index in [2.05, 4.69) is 9.89 Å². The topological polar surface area (TPSA) is 78.4 Å². The van der Waals surface area contributed by atoms with E-state index in [9.17, 15) is 9.18 Å². The zero-order chi connectivity index (χ0) is 13.3. The minimum absolute atomic E-state index is 0.141. The number of anilines is 1. The molecule has 0 amide bonds. The predicted octanol–water partition coefficient (Wildman–Crippen LogP) is 2.16. The zero-order valence-electron chi connectivity index (χ0n) is 9.86. The molecule has 2 N–H and O–H groups in total. The number of methoxy groups -OCH3 is 1. The van der Waals surface area contributed by atoms with Crippen molar-refractivity contribution in [3.63, 3.8) is 0 Å². The maximum Gasteiger partial charge on any atom is 0.338 e. The largest absolute Gasteiger partial charge is 0.465 e. The van der Waals surface area contributed by atoms with Crippen LogP contribution < -0.4 is 5.73 Å². The molecule has 0 atom stereocenters. The SMILES string of the molecule is COC(=O)c1cc(-c2cc(N)no2)cc(F)c1C. The Morgan fingerprint density at radius 2 is 2.17 bits per heavy atom. The van der Waals surface area contributed by atoms with Gasteiger partial charge in [-0.3, -0.25) is 0 Å². The van der Waals surface area contributed by atoms with E-state index in [0.717, 1.165) is 0 Å². The van der Waals surface area contributed by atoms with Gasteiger partial charge in [-0.2, -0.15) is 0 Å². The fourth-order valence-corrected chi connectivity index (χ4v) is 1.57. The number of nitrogens with zero attached hydrogens (tertiary/aromatic N) is 1. The normalized spacial score (nSPS) is 10.4. The molecule has 6 heteroatoms. The van der Waals surface area contributed by atoms with Gasteiger partial charge in [0, 0.05) is 11.6 Å². The first-order valence-electron chi connectivity index (χ1n) is 5.14. The summed E-state index contributed by atoms with van der Waals surface area (Å²) in [5.74, 6) is -0.661. The molecular weight excluding hydrogens is 239 g/mol. The maximum atomic E-state index is 13.7. The number of ether oxygens (including phenoxy) is 1. The Morgan fingerprint density at radius 1 is 1.44 bits per heavy atom. The van der Waals surface area contributed by atoms with Crippen LogP contribution >= 0.6 is 0 Å². The summed E-state index contributed by atoms with van der Waals surface area (Å²) in [6.45, 7) is 1.50. The number of carbonyl (C=O) groups is 1. The van der Waals surface area contributed by atoms with E-state index < -0.39 is 11.8 Å². The smallest absolute Gasteiger partial charge is 0.338 e. The van der Waals surface area contributed by atoms with Crippen molar-refractivity contribution in [3.8, 4) is 11.3 Å². The van der Waals surface area contributed by atoms with Gasteiger partial charge in [0.15, 0.2) is 11.6 Å². The Morgan fingerprint density at radius 3 is 2.72 bits per heavy atom. The number of carbonyl (C=O) groups excluding carboxylic acids is 1. The molecule has 1 aromatic heterocycles. The van der Waals surface area contributed by atoms with Crippen LogP contribution in [0, 0.1) is 12.7 Å². The Hall–Kier alpha value is -2.37. The van der Waals surface area contributed by atoms with Gasteiger partial charge in [0.25, 0.3) is 0 Å². The van der Waals surface area contributed by atoms with Gasteiger partial charge >= 0.3 is 5.97 Å². The third-order valence-corrected chi connectivity index (χ3v) is 2.56. The molecule has 1 heterocycles. The maximum absolute atomic E-state index is 13.7. The van der Waals surface area contributed by atoms with Crippen LogP contribution in [0.5, 0.6) is 0 Å². The van der Waals surface area contributed by atoms with Crippen molar-refractivity contribution in [2.45, 2.75) is 6.92 Å². The lowest BCUT2D eigenvalue weighted by Crippen LogP contribution is -2.05. The molecular formula is C12H11FN2O3. The molecule has 5 nitrogen and oxygen atoms in total. The first-order valence-corrected chi connectivity index (χ1v) is 5.14. The van der Waals surface area contributed by atoms with Crippen LogP contribution in [0.25, 0.3) is 11.3 Å². The number of nitrogens with two attached hydrogens (primary N) is 1. The van der Waals surface area contributed by atoms with Gasteiger partial charge in [-0.15, -0.1) is 0 Å². The summed E-state index contributed by atoms with van der Waals surface area (Å²) in [7, 11) is 1.23. The van der Waals surface area contributed by atoms with Gasteiger partial charge in [0.05, 0.1) is 12.7 Å². The van der Waals surface area contributed by atoms with Crippen molar-refractivity contribution < 1.29 is 18.4 Å². The van der Waals surface area contributed by atoms with Crippen molar-refractivity contribution in [3.05, 3.63) is 35.1 Å². The average Bonchev–Trinajstić information content (AvgIpc) is 2.78. The minimum Gasteiger partial charge on any atom is -0.465 e. The molecule has 0 radical (unpaired) electrons. The van der Waals surface area contributed by atoms with Crippen LogP contribution in [0.4, 0.5) is 10.2 Å². The Kier molecular flexibility index (Phi) is 3.01. The highest BCUT2D eigenvalue weighted by atomic mass is 19.1. The molecule has 0 aliphatic rings. The number of hydrogen-bond acceptors (Lipinski definition) is 5. The van der Waals surface area contributed by atoms with E-state index in [1.807, 2.05) is 0 Å². The van der Waals surface area contributed by atoms with Crippen LogP contribution in [-0.4, -0.2) is 18.2 Å². The lowest BCUT2D eigenvalue weighted by molar-refractivity contribution is 0.0599. The lowest BCUT2D eigenvalue weighted by Gasteiger charge is -2.06. The summed E-state index contributed by atoms with van der Waals surface area (Å²) in [4.78, 5) is 11.5. The number of halogens is 1. The Bertz CT molecular complexity index is 607. The molecule has 0 fully saturated rings. The second-order valence-corrected chi connectivity index (χ2v) is 3.74. The predicted molar refractivity (Wildman–Crippen MR) is 62.4 cm³/mol. The third kappa shape index (κ3) is 2.04. The monoisotopic (exact) mass is 250 g/mol. The van der Waals surface area contributed by atoms with Crippen molar-refractivity contribution in [1.82, 2.24) is 5.16 Å². The highest BCUT2D eigenvalue weighted by molar-refractivity contribution is 5.92. The van der Waals surface area contributed by atoms with Gasteiger partial charge in [0.1, 0.15) is 5.82 Å². The van der Waals surface area contributed by atoms with Crippen LogP contribution in [0.2, 0.25) is 0 Å². The van der Waals surface area contributed by atoms with E-state index >= 15 is 0 Å². The Balaban J connectivity index is 2.57. The summed E-state index contributed by atoms with van der Waals surface area (Å²) < 4.78 is 23.2. The first kappa shape index (κ1) is 12.1. The van der Waals surface area contributed by atoms with Crippen molar-refractivity contribution >= 4 is 11.8 Å². The quantitative estimate of drug-likeness (QED) is 0.826. The summed E-state index contributed by atoms with van der Waals surface area (Å²) >= 11 is 0. The summed E-state index contributed by atoms with van der Waals surface area (Å²) in [6, 6.07) is 4.18. The molecule has 2 rings (SSSR count). The summed E-state index contributed by atoms with van der Waals surface area (Å²) in [6.07, 6.45) is 0. The molecule has 0 bridgehead atoms. The fraction of sp³-hybridized carbons (Fsp3) is 0.167. The van der Waals surface area contributed by atoms with Gasteiger partial charge in [-0.1, -0.05) is 5.16 Å². The number of benzene rings is 1. The first-order chi connectivity index (χ1) is 8.52. The van der Waals surface area contributed by atoms with Crippen LogP contribution in [0.1, 0.15) is 15.9 Å². The molecule has 2 aromatic rings. The summed E-state index contributed by atoms with van der Waals surface area (Å²) in [5, 5.41) is 3.50. The Labute approximate surface area is 102 Å². The van der Waals surface area contributed by atoms with Crippen LogP contribution in [-0.2, 0) is 4.74 Å². The number of rotatable bonds is 2. The number of aromatic nitrogens is 1. The molecule has 1 aromatic carbocycles. The highest BCUT2D eigenvalue weighted by Crippen LogP contribution is 2.26. The minimum atomic E-state index is -0.610. The van der Waals surface area contributed by atoms with Crippen LogP contribution in [0.3, 0.4) is 0 Å². The van der Waals surface area contributed by atoms with Gasteiger partial charge in [-0.25, -0.2) is 9.18 Å². The van der Waals surface area contributed by atoms with Gasteiger partial charge in [-0.05, 0) is 24.6 Å². The van der Waals surface area contributed by atoms with Crippen molar-refractivity contribution in [2.75, 3.05) is 12.8 Å². The molecule has 0 saturated heterocycles. The van der Waals surface area contributed by atoms with E-state index in [4.69, 9.17) is 10.3 Å². The zero-order valence-corrected chi connectivity index (χ0v) is 9.86. The second kappa shape index (κ2) is 4.48. The van der Waals surface area contributed by atoms with Gasteiger partial charge in [0.2, 0.25) is 0 Å². The number of hydrogen-bond donors (Lipinski definition) is 1. The number of nitrogen functional groups attached to an aromatic ring is 1. The molecule has 0 saturated carbocycles. The molecule has 0 unspecified atom stereocenters. The highest BCUT2D eigenvalue weighted by Gasteiger charge is 2.16.